The summed E-state index contributed by atoms with van der Waals surface area (Å²) >= 11 is 4.82. The number of allylic oxidation sites excluding steroid dienone is 3. The molecule has 4 heterocycles. The van der Waals surface area contributed by atoms with E-state index >= 15 is 0 Å². The van der Waals surface area contributed by atoms with Crippen molar-refractivity contribution in [3.63, 3.8) is 0 Å². The standard InChI is InChI=1S/C30H22N10O2S4/c1-9-39-23(41)21(45-25(39)13(11-31)12-32)37-27-35-18-16(43-27)14-15(29(18,3)4)17-19(30(14,5)6)36-28(44-17)38-22-24(42)40(10-2)26(46-22)20(33-7)34-8/h9-10H2,1-6H3. The summed E-state index contributed by atoms with van der Waals surface area (Å²) in [6, 6.07) is 3.72. The number of carbonyl (C=O) groups excluding carboxylic acids is 2. The summed E-state index contributed by atoms with van der Waals surface area (Å²) in [5.41, 5.74) is 2.70. The SMILES string of the molecule is [C-]#[N+]C([N+]#[C-])=C1SC(=Nc2nc3c(s2)C2=C(c4sc(N=C5SC(=C(C#N)C#N)N(CC)C5=O)nc4C2(C)C)C3(C)C)C(=O)N1CC. The molecule has 16 heteroatoms. The van der Waals surface area contributed by atoms with Crippen molar-refractivity contribution < 1.29 is 9.59 Å². The Morgan fingerprint density at radius 1 is 0.804 bits per heavy atom. The maximum atomic E-state index is 13.1. The summed E-state index contributed by atoms with van der Waals surface area (Å²) in [7, 11) is 0. The number of thiazole rings is 2. The van der Waals surface area contributed by atoms with Crippen LogP contribution in [0.4, 0.5) is 10.3 Å². The van der Waals surface area contributed by atoms with Crippen molar-refractivity contribution in [3.05, 3.63) is 65.4 Å². The van der Waals surface area contributed by atoms with Gasteiger partial charge in [0.15, 0.2) is 20.7 Å². The van der Waals surface area contributed by atoms with E-state index in [2.05, 4.69) is 47.4 Å². The molecule has 228 valence electrons. The van der Waals surface area contributed by atoms with Crippen molar-refractivity contribution in [2.75, 3.05) is 13.1 Å². The maximum absolute atomic E-state index is 13.1. The number of nitrogens with zero attached hydrogens (tertiary/aromatic N) is 10. The lowest BCUT2D eigenvalue weighted by atomic mass is 9.84. The normalized spacial score (nSPS) is 20.6. The molecule has 0 aromatic carbocycles. The minimum Gasteiger partial charge on any atom is -0.303 e. The number of aliphatic imine (C=N–C) groups is 2. The predicted molar refractivity (Wildman–Crippen MR) is 180 cm³/mol. The smallest absolute Gasteiger partial charge is 0.303 e. The zero-order valence-corrected chi connectivity index (χ0v) is 28.6. The van der Waals surface area contributed by atoms with Gasteiger partial charge in [0, 0.05) is 23.9 Å². The van der Waals surface area contributed by atoms with Crippen LogP contribution in [0.25, 0.3) is 20.8 Å². The molecule has 4 aliphatic rings. The summed E-state index contributed by atoms with van der Waals surface area (Å²) in [6.45, 7) is 27.2. The lowest BCUT2D eigenvalue weighted by Crippen LogP contribution is -2.26. The average molecular weight is 683 g/mol. The second-order valence-electron chi connectivity index (χ2n) is 11.2. The Hall–Kier alpha value is -4.58. The maximum Gasteiger partial charge on any atom is 0.550 e. The highest BCUT2D eigenvalue weighted by molar-refractivity contribution is 8.20. The molecule has 0 unspecified atom stereocenters. The molecule has 0 atom stereocenters. The summed E-state index contributed by atoms with van der Waals surface area (Å²) in [4.78, 5) is 56.5. The molecule has 0 bridgehead atoms. The van der Waals surface area contributed by atoms with Gasteiger partial charge in [0.2, 0.25) is 10.3 Å². The summed E-state index contributed by atoms with van der Waals surface area (Å²) in [6.07, 6.45) is 0. The molecule has 2 aromatic rings. The minimum absolute atomic E-state index is 0.134. The Kier molecular flexibility index (Phi) is 7.54. The fourth-order valence-electron chi connectivity index (χ4n) is 5.84. The fourth-order valence-corrected chi connectivity index (χ4v) is 10.6. The van der Waals surface area contributed by atoms with Gasteiger partial charge in [-0.2, -0.15) is 20.2 Å². The minimum atomic E-state index is -0.520. The summed E-state index contributed by atoms with van der Waals surface area (Å²) < 4.78 is 0. The molecule has 46 heavy (non-hydrogen) atoms. The Morgan fingerprint density at radius 3 is 1.61 bits per heavy atom. The van der Waals surface area contributed by atoms with Gasteiger partial charge in [0.25, 0.3) is 11.8 Å². The van der Waals surface area contributed by atoms with E-state index in [0.717, 1.165) is 55.8 Å². The van der Waals surface area contributed by atoms with Crippen LogP contribution in [-0.4, -0.2) is 54.8 Å². The number of fused-ring (bicyclic) bond motifs is 4. The molecule has 6 rings (SSSR count). The third-order valence-corrected chi connectivity index (χ3v) is 12.0. The first-order valence-corrected chi connectivity index (χ1v) is 17.1. The van der Waals surface area contributed by atoms with E-state index < -0.39 is 10.8 Å². The fraction of sp³-hybridized carbons (Fsp3) is 0.333. The highest BCUT2D eigenvalue weighted by Gasteiger charge is 2.54. The Balaban J connectivity index is 1.39. The zero-order chi connectivity index (χ0) is 33.3. The lowest BCUT2D eigenvalue weighted by molar-refractivity contribution is -0.121. The molecule has 2 aliphatic heterocycles. The topological polar surface area (TPSA) is 147 Å². The molecule has 2 saturated heterocycles. The van der Waals surface area contributed by atoms with Crippen LogP contribution in [0, 0.1) is 35.8 Å². The van der Waals surface area contributed by atoms with Gasteiger partial charge in [0.05, 0.1) is 21.1 Å². The molecule has 2 aliphatic carbocycles. The second-order valence-corrected chi connectivity index (χ2v) is 15.2. The average Bonchev–Trinajstić information content (AvgIpc) is 3.83. The predicted octanol–water partition coefficient (Wildman–Crippen LogP) is 6.57. The van der Waals surface area contributed by atoms with Crippen molar-refractivity contribution in [1.82, 2.24) is 19.8 Å². The number of carbonyl (C=O) groups is 2. The molecule has 2 aromatic heterocycles. The van der Waals surface area contributed by atoms with Crippen molar-refractivity contribution in [1.29, 1.82) is 10.5 Å². The molecule has 0 spiro atoms. The van der Waals surface area contributed by atoms with E-state index in [1.807, 2.05) is 12.1 Å². The van der Waals surface area contributed by atoms with E-state index in [4.69, 9.17) is 23.1 Å². The van der Waals surface area contributed by atoms with Crippen LogP contribution in [0.5, 0.6) is 0 Å². The van der Waals surface area contributed by atoms with E-state index in [0.29, 0.717) is 28.4 Å². The summed E-state index contributed by atoms with van der Waals surface area (Å²) in [5, 5.41) is 20.5. The number of hydrogen-bond acceptors (Lipinski definition) is 12. The van der Waals surface area contributed by atoms with Gasteiger partial charge in [-0.05, 0) is 36.8 Å². The highest BCUT2D eigenvalue weighted by atomic mass is 32.2. The van der Waals surface area contributed by atoms with Crippen LogP contribution in [0.3, 0.4) is 0 Å². The van der Waals surface area contributed by atoms with Gasteiger partial charge < -0.3 is 4.90 Å². The first-order valence-electron chi connectivity index (χ1n) is 13.9. The van der Waals surface area contributed by atoms with Gasteiger partial charge >= 0.3 is 5.82 Å². The number of aromatic nitrogens is 2. The molecule has 2 fully saturated rings. The van der Waals surface area contributed by atoms with Crippen molar-refractivity contribution in [3.8, 4) is 12.1 Å². The van der Waals surface area contributed by atoms with Crippen LogP contribution >= 0.6 is 46.2 Å². The van der Waals surface area contributed by atoms with Crippen LogP contribution in [0.1, 0.15) is 62.7 Å². The molecule has 2 amide bonds. The van der Waals surface area contributed by atoms with Gasteiger partial charge in [-0.15, -0.1) is 0 Å². The first-order chi connectivity index (χ1) is 21.9. The number of nitriles is 2. The molecule has 0 saturated carbocycles. The Bertz CT molecular complexity index is 1950. The number of amides is 2. The third kappa shape index (κ3) is 4.37. The van der Waals surface area contributed by atoms with Gasteiger partial charge in [0.1, 0.15) is 30.3 Å². The van der Waals surface area contributed by atoms with Crippen molar-refractivity contribution in [2.45, 2.75) is 52.4 Å². The van der Waals surface area contributed by atoms with E-state index in [9.17, 15) is 20.1 Å². The zero-order valence-electron chi connectivity index (χ0n) is 25.3. The molecular formula is C30H22N10O2S4. The lowest BCUT2D eigenvalue weighted by Gasteiger charge is -2.21. The van der Waals surface area contributed by atoms with Crippen LogP contribution in [0.15, 0.2) is 31.4 Å². The molecule has 0 radical (unpaired) electrons. The van der Waals surface area contributed by atoms with Gasteiger partial charge in [-0.25, -0.2) is 20.0 Å². The van der Waals surface area contributed by atoms with Crippen LogP contribution < -0.4 is 0 Å². The van der Waals surface area contributed by atoms with Crippen molar-refractivity contribution in [2.24, 2.45) is 9.98 Å². The molecular weight excluding hydrogens is 661 g/mol. The van der Waals surface area contributed by atoms with E-state index in [1.165, 1.54) is 32.5 Å². The number of hydrogen-bond donors (Lipinski definition) is 0. The Labute approximate surface area is 281 Å². The van der Waals surface area contributed by atoms with Gasteiger partial charge in [-0.3, -0.25) is 14.5 Å². The molecule has 0 N–H and O–H groups in total. The van der Waals surface area contributed by atoms with E-state index in [-0.39, 0.29) is 38.3 Å². The van der Waals surface area contributed by atoms with Crippen molar-refractivity contribution >= 4 is 89.5 Å². The van der Waals surface area contributed by atoms with Crippen LogP contribution in [-0.2, 0) is 20.4 Å². The number of thioether (sulfide) groups is 2. The third-order valence-electron chi connectivity index (χ3n) is 7.97. The van der Waals surface area contributed by atoms with Crippen LogP contribution in [0.2, 0.25) is 0 Å². The van der Waals surface area contributed by atoms with E-state index in [1.54, 1.807) is 13.8 Å². The highest BCUT2D eigenvalue weighted by Crippen LogP contribution is 2.65. The monoisotopic (exact) mass is 682 g/mol. The number of rotatable bonds is 4. The Morgan fingerprint density at radius 2 is 1.22 bits per heavy atom. The second kappa shape index (κ2) is 11.0. The van der Waals surface area contributed by atoms with Gasteiger partial charge in [-0.1, -0.05) is 62.1 Å². The largest absolute Gasteiger partial charge is 0.550 e. The first kappa shape index (κ1) is 31.4. The quantitative estimate of drug-likeness (QED) is 0.260. The summed E-state index contributed by atoms with van der Waals surface area (Å²) in [5.74, 6) is -0.892. The molecule has 12 nitrogen and oxygen atoms in total.